The Balaban J connectivity index is 0.000000970. The molecule has 0 bridgehead atoms. The van der Waals surface area contributed by atoms with Crippen molar-refractivity contribution in [3.8, 4) is 0 Å². The maximum Gasteiger partial charge on any atom is 0.269 e. The van der Waals surface area contributed by atoms with E-state index < -0.39 is 5.41 Å². The number of aliphatic hydroxyl groups is 1. The first-order valence-corrected chi connectivity index (χ1v) is 7.84. The van der Waals surface area contributed by atoms with Gasteiger partial charge in [0.15, 0.2) is 0 Å². The smallest absolute Gasteiger partial charge is 0.269 e. The molecule has 1 N–H and O–H groups in total. The van der Waals surface area contributed by atoms with Crippen LogP contribution in [0, 0.1) is 15.5 Å². The summed E-state index contributed by atoms with van der Waals surface area (Å²) in [5.74, 6) is 0. The number of aliphatic hydroxyl groups excluding tert-OH is 1. The highest BCUT2D eigenvalue weighted by atomic mass is 16.6. The molecule has 0 heterocycles. The molecule has 0 aliphatic heterocycles. The van der Waals surface area contributed by atoms with Crippen LogP contribution in [-0.4, -0.2) is 16.3 Å². The highest BCUT2D eigenvalue weighted by Crippen LogP contribution is 2.26. The zero-order valence-electron chi connectivity index (χ0n) is 14.5. The predicted molar refractivity (Wildman–Crippen MR) is 98.7 cm³/mol. The van der Waals surface area contributed by atoms with Crippen LogP contribution >= 0.6 is 0 Å². The van der Waals surface area contributed by atoms with Crippen molar-refractivity contribution in [2.45, 2.75) is 26.7 Å². The lowest BCUT2D eigenvalue weighted by molar-refractivity contribution is -0.384. The Morgan fingerprint density at radius 1 is 1.16 bits per heavy atom. The Labute approximate surface area is 147 Å². The van der Waals surface area contributed by atoms with Gasteiger partial charge < -0.3 is 9.90 Å². The second kappa shape index (κ2) is 9.37. The maximum atomic E-state index is 11.2. The zero-order valence-corrected chi connectivity index (χ0v) is 14.5. The molecule has 0 saturated carbocycles. The van der Waals surface area contributed by atoms with Crippen LogP contribution in [0.2, 0.25) is 0 Å². The number of carbonyl (C=O) groups is 1. The highest BCUT2D eigenvalue weighted by Gasteiger charge is 2.20. The van der Waals surface area contributed by atoms with Crippen LogP contribution < -0.4 is 0 Å². The third-order valence-electron chi connectivity index (χ3n) is 3.60. The fraction of sp³-hybridized carbons (Fsp3) is 0.250. The molecule has 5 nitrogen and oxygen atoms in total. The molecule has 0 aromatic heterocycles. The molecule has 0 unspecified atom stereocenters. The summed E-state index contributed by atoms with van der Waals surface area (Å²) in [5, 5.41) is 18.3. The molecule has 0 aliphatic rings. The molecular weight excluding hydrogens is 318 g/mol. The molecule has 25 heavy (non-hydrogen) atoms. The van der Waals surface area contributed by atoms with Crippen LogP contribution in [0.5, 0.6) is 0 Å². The fourth-order valence-corrected chi connectivity index (χ4v) is 2.41. The Hall–Kier alpha value is -2.95. The largest absolute Gasteiger partial charge is 0.516 e. The molecule has 0 amide bonds. The van der Waals surface area contributed by atoms with E-state index in [1.54, 1.807) is 12.1 Å². The Kier molecular flexibility index (Phi) is 7.53. The summed E-state index contributed by atoms with van der Waals surface area (Å²) in [6.45, 7) is 6.65. The number of nitro benzene ring substituents is 1. The zero-order chi connectivity index (χ0) is 18.9. The highest BCUT2D eigenvalue weighted by molar-refractivity contribution is 5.59. The van der Waals surface area contributed by atoms with Crippen LogP contribution in [0.3, 0.4) is 0 Å². The molecule has 0 atom stereocenters. The van der Waals surface area contributed by atoms with E-state index in [2.05, 4.69) is 6.58 Å². The molecular formula is C20H23NO4. The van der Waals surface area contributed by atoms with Crippen molar-refractivity contribution in [2.24, 2.45) is 5.41 Å². The lowest BCUT2D eigenvalue weighted by atomic mass is 9.84. The van der Waals surface area contributed by atoms with Gasteiger partial charge >= 0.3 is 0 Å². The normalized spacial score (nSPS) is 10.3. The second-order valence-electron chi connectivity index (χ2n) is 6.34. The number of rotatable bonds is 6. The minimum Gasteiger partial charge on any atom is -0.516 e. The van der Waals surface area contributed by atoms with E-state index >= 15 is 0 Å². The minimum absolute atomic E-state index is 0.0820. The molecule has 0 aliphatic carbocycles. The molecule has 0 fully saturated rings. The summed E-state index contributed by atoms with van der Waals surface area (Å²) >= 11 is 0. The van der Waals surface area contributed by atoms with Gasteiger partial charge in [0.05, 0.1) is 11.2 Å². The van der Waals surface area contributed by atoms with Gasteiger partial charge in [-0.1, -0.05) is 56.8 Å². The SMILES string of the molecule is C=CO.CC(C)(C=O)Cc1ccc([N+](=O)[O-])cc1Cc1ccccc1. The predicted octanol–water partition coefficient (Wildman–Crippen LogP) is 4.64. The number of carbonyl (C=O) groups excluding carboxylic acids is 1. The van der Waals surface area contributed by atoms with Crippen molar-refractivity contribution < 1.29 is 14.8 Å². The second-order valence-corrected chi connectivity index (χ2v) is 6.34. The lowest BCUT2D eigenvalue weighted by Crippen LogP contribution is -2.17. The van der Waals surface area contributed by atoms with E-state index in [0.29, 0.717) is 12.8 Å². The third-order valence-corrected chi connectivity index (χ3v) is 3.60. The molecule has 132 valence electrons. The first-order valence-electron chi connectivity index (χ1n) is 7.84. The molecule has 2 aromatic carbocycles. The van der Waals surface area contributed by atoms with Gasteiger partial charge in [-0.05, 0) is 29.5 Å². The third kappa shape index (κ3) is 6.59. The number of hydrogen-bond donors (Lipinski definition) is 1. The van der Waals surface area contributed by atoms with Gasteiger partial charge in [-0.2, -0.15) is 0 Å². The summed E-state index contributed by atoms with van der Waals surface area (Å²) in [7, 11) is 0. The quantitative estimate of drug-likeness (QED) is 0.359. The van der Waals surface area contributed by atoms with E-state index in [1.807, 2.05) is 44.2 Å². The molecule has 0 saturated heterocycles. The number of nitro groups is 1. The minimum atomic E-state index is -0.485. The van der Waals surface area contributed by atoms with Crippen LogP contribution in [-0.2, 0) is 17.6 Å². The standard InChI is InChI=1S/C18H19NO3.C2H4O/c1-18(2,13-20)12-15-8-9-17(19(21)22)11-16(15)10-14-6-4-3-5-7-14;1-2-3/h3-9,11,13H,10,12H2,1-2H3;2-3H,1H2. The number of aldehydes is 1. The first kappa shape index (κ1) is 20.1. The van der Waals surface area contributed by atoms with E-state index in [0.717, 1.165) is 29.2 Å². The van der Waals surface area contributed by atoms with E-state index in [1.165, 1.54) is 6.07 Å². The number of nitrogens with zero attached hydrogens (tertiary/aromatic N) is 1. The summed E-state index contributed by atoms with van der Waals surface area (Å²) in [6.07, 6.45) is 2.87. The average molecular weight is 341 g/mol. The number of non-ortho nitro benzene ring substituents is 1. The van der Waals surface area contributed by atoms with Crippen molar-refractivity contribution in [1.29, 1.82) is 0 Å². The van der Waals surface area contributed by atoms with Crippen LogP contribution in [0.15, 0.2) is 61.4 Å². The van der Waals surface area contributed by atoms with Gasteiger partial charge in [0.1, 0.15) is 6.29 Å². The van der Waals surface area contributed by atoms with Gasteiger partial charge in [0.25, 0.3) is 5.69 Å². The fourth-order valence-electron chi connectivity index (χ4n) is 2.41. The summed E-state index contributed by atoms with van der Waals surface area (Å²) in [5.41, 5.74) is 2.57. The van der Waals surface area contributed by atoms with Crippen molar-refractivity contribution in [2.75, 3.05) is 0 Å². The van der Waals surface area contributed by atoms with Crippen molar-refractivity contribution in [3.05, 3.63) is 88.2 Å². The van der Waals surface area contributed by atoms with Crippen LogP contribution in [0.1, 0.15) is 30.5 Å². The van der Waals surface area contributed by atoms with Gasteiger partial charge in [0.2, 0.25) is 0 Å². The summed E-state index contributed by atoms with van der Waals surface area (Å²) < 4.78 is 0. The maximum absolute atomic E-state index is 11.2. The van der Waals surface area contributed by atoms with Gasteiger partial charge in [-0.25, -0.2) is 0 Å². The lowest BCUT2D eigenvalue weighted by Gasteiger charge is -2.19. The molecule has 5 heteroatoms. The van der Waals surface area contributed by atoms with Gasteiger partial charge in [-0.15, -0.1) is 0 Å². The van der Waals surface area contributed by atoms with E-state index in [4.69, 9.17) is 5.11 Å². The topological polar surface area (TPSA) is 80.4 Å². The van der Waals surface area contributed by atoms with Crippen molar-refractivity contribution in [3.63, 3.8) is 0 Å². The average Bonchev–Trinajstić information content (AvgIpc) is 2.58. The molecule has 2 rings (SSSR count). The first-order chi connectivity index (χ1) is 11.8. The van der Waals surface area contributed by atoms with Crippen molar-refractivity contribution >= 4 is 12.0 Å². The van der Waals surface area contributed by atoms with Crippen molar-refractivity contribution in [1.82, 2.24) is 0 Å². The van der Waals surface area contributed by atoms with E-state index in [9.17, 15) is 14.9 Å². The molecule has 0 radical (unpaired) electrons. The van der Waals surface area contributed by atoms with Crippen LogP contribution in [0.25, 0.3) is 0 Å². The monoisotopic (exact) mass is 341 g/mol. The Morgan fingerprint density at radius 2 is 1.76 bits per heavy atom. The Morgan fingerprint density at radius 3 is 2.28 bits per heavy atom. The Bertz CT molecular complexity index is 724. The molecule has 0 spiro atoms. The van der Waals surface area contributed by atoms with Gasteiger partial charge in [-0.3, -0.25) is 10.1 Å². The number of hydrogen-bond acceptors (Lipinski definition) is 4. The van der Waals surface area contributed by atoms with Crippen LogP contribution in [0.4, 0.5) is 5.69 Å². The van der Waals surface area contributed by atoms with E-state index in [-0.39, 0.29) is 10.6 Å². The van der Waals surface area contributed by atoms with Gasteiger partial charge in [0, 0.05) is 17.5 Å². The summed E-state index contributed by atoms with van der Waals surface area (Å²) in [6, 6.07) is 14.7. The molecule has 2 aromatic rings. The summed E-state index contributed by atoms with van der Waals surface area (Å²) in [4.78, 5) is 21.8. The number of benzene rings is 2.